The molecule has 3 aromatic rings. The SMILES string of the molecule is CCc1ccc(CC(=O)Nc2ccc(Br)cc2C(=O)c2ccccc2)cc1. The monoisotopic (exact) mass is 421 g/mol. The molecule has 0 bridgehead atoms. The highest BCUT2D eigenvalue weighted by molar-refractivity contribution is 9.10. The number of amides is 1. The number of carbonyl (C=O) groups is 2. The van der Waals surface area contributed by atoms with E-state index in [1.807, 2.05) is 48.5 Å². The van der Waals surface area contributed by atoms with Crippen LogP contribution >= 0.6 is 15.9 Å². The van der Waals surface area contributed by atoms with E-state index >= 15 is 0 Å². The third-order valence-electron chi connectivity index (χ3n) is 4.33. The highest BCUT2D eigenvalue weighted by Crippen LogP contribution is 2.24. The van der Waals surface area contributed by atoms with Crippen LogP contribution < -0.4 is 5.32 Å². The predicted molar refractivity (Wildman–Crippen MR) is 112 cm³/mol. The average molecular weight is 422 g/mol. The summed E-state index contributed by atoms with van der Waals surface area (Å²) in [7, 11) is 0. The maximum Gasteiger partial charge on any atom is 0.228 e. The molecule has 0 saturated carbocycles. The minimum atomic E-state index is -0.149. The Balaban J connectivity index is 1.80. The molecular formula is C23H20BrNO2. The van der Waals surface area contributed by atoms with Gasteiger partial charge < -0.3 is 5.32 Å². The van der Waals surface area contributed by atoms with Gasteiger partial charge >= 0.3 is 0 Å². The Bertz CT molecular complexity index is 950. The van der Waals surface area contributed by atoms with Crippen molar-refractivity contribution in [2.45, 2.75) is 19.8 Å². The van der Waals surface area contributed by atoms with Gasteiger partial charge in [-0.1, -0.05) is 77.5 Å². The van der Waals surface area contributed by atoms with Crippen LogP contribution in [-0.2, 0) is 17.6 Å². The molecular weight excluding hydrogens is 402 g/mol. The molecule has 0 saturated heterocycles. The average Bonchev–Trinajstić information content (AvgIpc) is 2.70. The van der Waals surface area contributed by atoms with E-state index in [1.54, 1.807) is 24.3 Å². The molecule has 136 valence electrons. The van der Waals surface area contributed by atoms with Crippen molar-refractivity contribution < 1.29 is 9.59 Å². The second kappa shape index (κ2) is 8.78. The van der Waals surface area contributed by atoms with Gasteiger partial charge in [0.15, 0.2) is 5.78 Å². The van der Waals surface area contributed by atoms with Gasteiger partial charge in [-0.25, -0.2) is 0 Å². The van der Waals surface area contributed by atoms with Crippen LogP contribution in [-0.4, -0.2) is 11.7 Å². The van der Waals surface area contributed by atoms with Crippen molar-refractivity contribution >= 4 is 33.3 Å². The number of hydrogen-bond donors (Lipinski definition) is 1. The van der Waals surface area contributed by atoms with Gasteiger partial charge in [-0.2, -0.15) is 0 Å². The maximum atomic E-state index is 12.9. The van der Waals surface area contributed by atoms with Crippen molar-refractivity contribution in [3.05, 3.63) is 99.5 Å². The van der Waals surface area contributed by atoms with E-state index in [0.29, 0.717) is 16.8 Å². The Kier molecular flexibility index (Phi) is 6.20. The van der Waals surface area contributed by atoms with Crippen molar-refractivity contribution in [1.29, 1.82) is 0 Å². The standard InChI is InChI=1S/C23H20BrNO2/c1-2-16-8-10-17(11-9-16)14-22(26)25-21-13-12-19(24)15-20(21)23(27)18-6-4-3-5-7-18/h3-13,15H,2,14H2,1H3,(H,25,26). The van der Waals surface area contributed by atoms with Crippen LogP contribution in [0.2, 0.25) is 0 Å². The number of aryl methyl sites for hydroxylation is 1. The van der Waals surface area contributed by atoms with Crippen LogP contribution in [0, 0.1) is 0 Å². The molecule has 4 heteroatoms. The Hall–Kier alpha value is -2.72. The number of nitrogens with one attached hydrogen (secondary N) is 1. The summed E-state index contributed by atoms with van der Waals surface area (Å²) in [6, 6.07) is 22.4. The molecule has 0 heterocycles. The molecule has 0 aliphatic heterocycles. The second-order valence-corrected chi connectivity index (χ2v) is 7.20. The van der Waals surface area contributed by atoms with Crippen molar-refractivity contribution in [1.82, 2.24) is 0 Å². The summed E-state index contributed by atoms with van der Waals surface area (Å²) in [5.74, 6) is -0.275. The molecule has 3 rings (SSSR count). The lowest BCUT2D eigenvalue weighted by atomic mass is 10.0. The molecule has 0 aromatic heterocycles. The highest BCUT2D eigenvalue weighted by Gasteiger charge is 2.16. The smallest absolute Gasteiger partial charge is 0.228 e. The van der Waals surface area contributed by atoms with E-state index in [2.05, 4.69) is 28.2 Å². The first kappa shape index (κ1) is 19.1. The summed E-state index contributed by atoms with van der Waals surface area (Å²) in [5.41, 5.74) is 3.74. The van der Waals surface area contributed by atoms with E-state index in [9.17, 15) is 9.59 Å². The molecule has 3 aromatic carbocycles. The van der Waals surface area contributed by atoms with Crippen LogP contribution in [0.25, 0.3) is 0 Å². The fourth-order valence-electron chi connectivity index (χ4n) is 2.83. The molecule has 0 spiro atoms. The first-order valence-corrected chi connectivity index (χ1v) is 9.63. The second-order valence-electron chi connectivity index (χ2n) is 6.28. The van der Waals surface area contributed by atoms with Gasteiger partial charge in [0, 0.05) is 15.6 Å². The number of carbonyl (C=O) groups excluding carboxylic acids is 2. The zero-order valence-corrected chi connectivity index (χ0v) is 16.6. The van der Waals surface area contributed by atoms with E-state index in [0.717, 1.165) is 16.5 Å². The number of benzene rings is 3. The van der Waals surface area contributed by atoms with Gasteiger partial charge in [-0.3, -0.25) is 9.59 Å². The topological polar surface area (TPSA) is 46.2 Å². The Morgan fingerprint density at radius 3 is 2.22 bits per heavy atom. The van der Waals surface area contributed by atoms with Crippen LogP contribution in [0.5, 0.6) is 0 Å². The number of halogens is 1. The van der Waals surface area contributed by atoms with Crippen LogP contribution in [0.1, 0.15) is 34.0 Å². The zero-order chi connectivity index (χ0) is 19.2. The van der Waals surface area contributed by atoms with Crippen molar-refractivity contribution in [2.75, 3.05) is 5.32 Å². The summed E-state index contributed by atoms with van der Waals surface area (Å²) in [6.07, 6.45) is 1.23. The summed E-state index contributed by atoms with van der Waals surface area (Å²) in [6.45, 7) is 2.10. The Morgan fingerprint density at radius 2 is 1.56 bits per heavy atom. The summed E-state index contributed by atoms with van der Waals surface area (Å²) >= 11 is 3.41. The van der Waals surface area contributed by atoms with Gasteiger partial charge in [0.2, 0.25) is 5.91 Å². The molecule has 0 unspecified atom stereocenters. The lowest BCUT2D eigenvalue weighted by Crippen LogP contribution is -2.17. The fraction of sp³-hybridized carbons (Fsp3) is 0.130. The van der Waals surface area contributed by atoms with Gasteiger partial charge in [-0.05, 0) is 35.7 Å². The molecule has 0 atom stereocenters. The Labute approximate surface area is 167 Å². The number of hydrogen-bond acceptors (Lipinski definition) is 2. The molecule has 0 aliphatic carbocycles. The first-order chi connectivity index (χ1) is 13.1. The molecule has 1 N–H and O–H groups in total. The van der Waals surface area contributed by atoms with Gasteiger partial charge in [0.1, 0.15) is 0 Å². The van der Waals surface area contributed by atoms with E-state index < -0.39 is 0 Å². The van der Waals surface area contributed by atoms with Crippen LogP contribution in [0.15, 0.2) is 77.3 Å². The third-order valence-corrected chi connectivity index (χ3v) is 4.83. The van der Waals surface area contributed by atoms with E-state index in [1.165, 1.54) is 5.56 Å². The number of rotatable bonds is 6. The van der Waals surface area contributed by atoms with E-state index in [4.69, 9.17) is 0 Å². The van der Waals surface area contributed by atoms with Crippen LogP contribution in [0.4, 0.5) is 5.69 Å². The predicted octanol–water partition coefficient (Wildman–Crippen LogP) is 5.42. The summed E-state index contributed by atoms with van der Waals surface area (Å²) in [4.78, 5) is 25.4. The molecule has 0 radical (unpaired) electrons. The Morgan fingerprint density at radius 1 is 0.889 bits per heavy atom. The lowest BCUT2D eigenvalue weighted by molar-refractivity contribution is -0.115. The minimum absolute atomic E-state index is 0.125. The highest BCUT2D eigenvalue weighted by atomic mass is 79.9. The van der Waals surface area contributed by atoms with Gasteiger partial charge in [-0.15, -0.1) is 0 Å². The van der Waals surface area contributed by atoms with Crippen LogP contribution in [0.3, 0.4) is 0 Å². The first-order valence-electron chi connectivity index (χ1n) is 8.84. The zero-order valence-electron chi connectivity index (χ0n) is 15.0. The summed E-state index contributed by atoms with van der Waals surface area (Å²) in [5, 5.41) is 2.88. The maximum absolute atomic E-state index is 12.9. The van der Waals surface area contributed by atoms with E-state index in [-0.39, 0.29) is 18.1 Å². The molecule has 3 nitrogen and oxygen atoms in total. The quantitative estimate of drug-likeness (QED) is 0.539. The van der Waals surface area contributed by atoms with Gasteiger partial charge in [0.05, 0.1) is 12.1 Å². The molecule has 27 heavy (non-hydrogen) atoms. The molecule has 0 fully saturated rings. The van der Waals surface area contributed by atoms with Gasteiger partial charge in [0.25, 0.3) is 0 Å². The minimum Gasteiger partial charge on any atom is -0.325 e. The van der Waals surface area contributed by atoms with Crippen molar-refractivity contribution in [2.24, 2.45) is 0 Å². The van der Waals surface area contributed by atoms with Crippen molar-refractivity contribution in [3.63, 3.8) is 0 Å². The number of anilines is 1. The molecule has 1 amide bonds. The third kappa shape index (κ3) is 4.92. The molecule has 0 aliphatic rings. The number of ketones is 1. The normalized spacial score (nSPS) is 10.4. The fourth-order valence-corrected chi connectivity index (χ4v) is 3.19. The van der Waals surface area contributed by atoms with Crippen molar-refractivity contribution in [3.8, 4) is 0 Å². The summed E-state index contributed by atoms with van der Waals surface area (Å²) < 4.78 is 0.787. The lowest BCUT2D eigenvalue weighted by Gasteiger charge is -2.11. The largest absolute Gasteiger partial charge is 0.325 e.